The summed E-state index contributed by atoms with van der Waals surface area (Å²) in [5.74, 6) is 1.03. The van der Waals surface area contributed by atoms with Crippen LogP contribution in [0.5, 0.6) is 0 Å². The topological polar surface area (TPSA) is 28.2 Å². The minimum atomic E-state index is 0.812. The van der Waals surface area contributed by atoms with Crippen LogP contribution in [0.1, 0.15) is 26.0 Å². The van der Waals surface area contributed by atoms with Crippen molar-refractivity contribution in [2.75, 3.05) is 25.0 Å². The van der Waals surface area contributed by atoms with Gasteiger partial charge in [-0.05, 0) is 31.3 Å². The third kappa shape index (κ3) is 4.05. The van der Waals surface area contributed by atoms with Gasteiger partial charge in [-0.3, -0.25) is 0 Å². The Morgan fingerprint density at radius 3 is 2.81 bits per heavy atom. The second-order valence-electron chi connectivity index (χ2n) is 5.65. The molecule has 112 valence electrons. The molecule has 0 atom stereocenters. The van der Waals surface area contributed by atoms with Gasteiger partial charge in [-0.25, -0.2) is 4.98 Å². The Balaban J connectivity index is 2.37. The molecule has 3 nitrogen and oxygen atoms in total. The first-order valence-electron chi connectivity index (χ1n) is 7.56. The molecule has 0 unspecified atom stereocenters. The van der Waals surface area contributed by atoms with E-state index in [0.29, 0.717) is 0 Å². The summed E-state index contributed by atoms with van der Waals surface area (Å²) in [5, 5.41) is 5.86. The molecule has 0 saturated heterocycles. The van der Waals surface area contributed by atoms with E-state index in [2.05, 4.69) is 61.1 Å². The summed E-state index contributed by atoms with van der Waals surface area (Å²) < 4.78 is 0. The lowest BCUT2D eigenvalue weighted by Gasteiger charge is -2.21. The fourth-order valence-corrected chi connectivity index (χ4v) is 2.49. The highest BCUT2D eigenvalue weighted by Crippen LogP contribution is 2.25. The number of hydrogen-bond acceptors (Lipinski definition) is 3. The molecule has 0 saturated carbocycles. The van der Waals surface area contributed by atoms with Crippen LogP contribution in [-0.2, 0) is 6.54 Å². The average Bonchev–Trinajstić information content (AvgIpc) is 2.46. The molecule has 0 aliphatic rings. The summed E-state index contributed by atoms with van der Waals surface area (Å²) in [6, 6.07) is 10.6. The van der Waals surface area contributed by atoms with Crippen LogP contribution in [0.2, 0.25) is 0 Å². The molecule has 3 heteroatoms. The van der Waals surface area contributed by atoms with Gasteiger partial charge in [0, 0.05) is 25.5 Å². The monoisotopic (exact) mass is 283 g/mol. The van der Waals surface area contributed by atoms with Gasteiger partial charge in [0.2, 0.25) is 0 Å². The maximum absolute atomic E-state index is 4.85. The minimum absolute atomic E-state index is 0.812. The standard InChI is InChI=1S/C18H25N3/c1-5-10-19-12-16-11-15-8-6-7-9-17(15)18(20-16)21(4)13-14(2)3/h6-9,11,19H,2,5,10,12-13H2,1,3-4H3. The van der Waals surface area contributed by atoms with Gasteiger partial charge in [0.15, 0.2) is 0 Å². The molecule has 1 aromatic carbocycles. The molecular weight excluding hydrogens is 258 g/mol. The maximum Gasteiger partial charge on any atom is 0.136 e. The third-order valence-corrected chi connectivity index (χ3v) is 3.37. The van der Waals surface area contributed by atoms with Crippen LogP contribution in [0, 0.1) is 0 Å². The van der Waals surface area contributed by atoms with Gasteiger partial charge in [0.05, 0.1) is 5.69 Å². The molecule has 0 spiro atoms. The first kappa shape index (κ1) is 15.5. The van der Waals surface area contributed by atoms with Crippen LogP contribution in [-0.4, -0.2) is 25.1 Å². The van der Waals surface area contributed by atoms with E-state index in [1.807, 2.05) is 6.92 Å². The molecule has 0 aliphatic heterocycles. The van der Waals surface area contributed by atoms with Gasteiger partial charge in [-0.2, -0.15) is 0 Å². The fraction of sp³-hybridized carbons (Fsp3) is 0.389. The number of pyridine rings is 1. The Kier molecular flexibility index (Phi) is 5.34. The van der Waals surface area contributed by atoms with E-state index in [1.54, 1.807) is 0 Å². The molecule has 0 aliphatic carbocycles. The molecule has 1 N–H and O–H groups in total. The van der Waals surface area contributed by atoms with Crippen molar-refractivity contribution in [1.82, 2.24) is 10.3 Å². The zero-order valence-corrected chi connectivity index (χ0v) is 13.3. The number of fused-ring (bicyclic) bond motifs is 1. The lowest BCUT2D eigenvalue weighted by Crippen LogP contribution is -2.22. The Labute approximate surface area is 127 Å². The molecule has 1 aromatic heterocycles. The number of nitrogens with zero attached hydrogens (tertiary/aromatic N) is 2. The van der Waals surface area contributed by atoms with Crippen molar-refractivity contribution in [3.63, 3.8) is 0 Å². The number of hydrogen-bond donors (Lipinski definition) is 1. The maximum atomic E-state index is 4.85. The summed E-state index contributed by atoms with van der Waals surface area (Å²) in [7, 11) is 2.08. The van der Waals surface area contributed by atoms with Crippen LogP contribution >= 0.6 is 0 Å². The first-order chi connectivity index (χ1) is 10.1. The van der Waals surface area contributed by atoms with Crippen LogP contribution in [0.25, 0.3) is 10.8 Å². The minimum Gasteiger partial charge on any atom is -0.355 e. The zero-order chi connectivity index (χ0) is 15.2. The Hall–Kier alpha value is -1.87. The largest absolute Gasteiger partial charge is 0.355 e. The van der Waals surface area contributed by atoms with Gasteiger partial charge >= 0.3 is 0 Å². The van der Waals surface area contributed by atoms with E-state index >= 15 is 0 Å². The molecule has 0 radical (unpaired) electrons. The van der Waals surface area contributed by atoms with Crippen molar-refractivity contribution < 1.29 is 0 Å². The fourth-order valence-electron chi connectivity index (χ4n) is 2.49. The highest BCUT2D eigenvalue weighted by atomic mass is 15.2. The van der Waals surface area contributed by atoms with Crippen molar-refractivity contribution in [3.05, 3.63) is 48.2 Å². The van der Waals surface area contributed by atoms with Crippen molar-refractivity contribution in [2.24, 2.45) is 0 Å². The van der Waals surface area contributed by atoms with E-state index in [-0.39, 0.29) is 0 Å². The second-order valence-corrected chi connectivity index (χ2v) is 5.65. The molecule has 2 aromatic rings. The first-order valence-corrected chi connectivity index (χ1v) is 7.56. The normalized spacial score (nSPS) is 10.8. The number of aromatic nitrogens is 1. The summed E-state index contributed by atoms with van der Waals surface area (Å²) in [6.07, 6.45) is 1.13. The molecule has 21 heavy (non-hydrogen) atoms. The molecule has 0 bridgehead atoms. The van der Waals surface area contributed by atoms with Gasteiger partial charge in [0.1, 0.15) is 5.82 Å². The van der Waals surface area contributed by atoms with Gasteiger partial charge in [0.25, 0.3) is 0 Å². The van der Waals surface area contributed by atoms with Crippen LogP contribution < -0.4 is 10.2 Å². The Bertz CT molecular complexity index is 619. The number of rotatable bonds is 7. The Morgan fingerprint density at radius 2 is 2.10 bits per heavy atom. The summed E-state index contributed by atoms with van der Waals surface area (Å²) in [4.78, 5) is 7.02. The number of benzene rings is 1. The highest BCUT2D eigenvalue weighted by molar-refractivity contribution is 5.92. The number of anilines is 1. The average molecular weight is 283 g/mol. The quantitative estimate of drug-likeness (QED) is 0.619. The van der Waals surface area contributed by atoms with Gasteiger partial charge < -0.3 is 10.2 Å². The lowest BCUT2D eigenvalue weighted by molar-refractivity contribution is 0.664. The highest BCUT2D eigenvalue weighted by Gasteiger charge is 2.10. The van der Waals surface area contributed by atoms with Gasteiger partial charge in [-0.15, -0.1) is 0 Å². The molecule has 0 fully saturated rings. The van der Waals surface area contributed by atoms with Crippen molar-refractivity contribution in [3.8, 4) is 0 Å². The van der Waals surface area contributed by atoms with Crippen molar-refractivity contribution in [2.45, 2.75) is 26.8 Å². The number of nitrogens with one attached hydrogen (secondary N) is 1. The second kappa shape index (κ2) is 7.23. The third-order valence-electron chi connectivity index (χ3n) is 3.37. The van der Waals surface area contributed by atoms with Crippen molar-refractivity contribution in [1.29, 1.82) is 0 Å². The SMILES string of the molecule is C=C(C)CN(C)c1nc(CNCCC)cc2ccccc12. The predicted molar refractivity (Wildman–Crippen MR) is 91.8 cm³/mol. The summed E-state index contributed by atoms with van der Waals surface area (Å²) in [5.41, 5.74) is 2.23. The van der Waals surface area contributed by atoms with Crippen molar-refractivity contribution >= 4 is 16.6 Å². The molecule has 2 rings (SSSR count). The van der Waals surface area contributed by atoms with E-state index in [0.717, 1.165) is 43.1 Å². The molecular formula is C18H25N3. The smallest absolute Gasteiger partial charge is 0.136 e. The molecule has 1 heterocycles. The van der Waals surface area contributed by atoms with E-state index in [9.17, 15) is 0 Å². The van der Waals surface area contributed by atoms with Gasteiger partial charge in [-0.1, -0.05) is 43.3 Å². The zero-order valence-electron chi connectivity index (χ0n) is 13.3. The Morgan fingerprint density at radius 1 is 1.33 bits per heavy atom. The summed E-state index contributed by atoms with van der Waals surface area (Å²) in [6.45, 7) is 10.9. The van der Waals surface area contributed by atoms with E-state index < -0.39 is 0 Å². The molecule has 0 amide bonds. The summed E-state index contributed by atoms with van der Waals surface area (Å²) >= 11 is 0. The van der Waals surface area contributed by atoms with Crippen LogP contribution in [0.15, 0.2) is 42.5 Å². The van der Waals surface area contributed by atoms with Crippen LogP contribution in [0.4, 0.5) is 5.82 Å². The number of likely N-dealkylation sites (N-methyl/N-ethyl adjacent to an activating group) is 1. The van der Waals surface area contributed by atoms with E-state index in [1.165, 1.54) is 10.8 Å². The van der Waals surface area contributed by atoms with Crippen LogP contribution in [0.3, 0.4) is 0 Å². The lowest BCUT2D eigenvalue weighted by atomic mass is 10.1. The van der Waals surface area contributed by atoms with E-state index in [4.69, 9.17) is 4.98 Å². The predicted octanol–water partition coefficient (Wildman–Crippen LogP) is 3.75.